The van der Waals surface area contributed by atoms with E-state index in [1.807, 2.05) is 6.20 Å². The zero-order valence-electron chi connectivity index (χ0n) is 30.4. The van der Waals surface area contributed by atoms with Gasteiger partial charge in [0.25, 0.3) is 0 Å². The summed E-state index contributed by atoms with van der Waals surface area (Å²) in [6, 6.07) is 36.9. The molecule has 278 valence electrons. The van der Waals surface area contributed by atoms with Gasteiger partial charge in [-0.3, -0.25) is 9.97 Å². The Kier molecular flexibility index (Phi) is 10.6. The molecule has 2 aliphatic rings. The fourth-order valence-corrected chi connectivity index (χ4v) is 7.33. The summed E-state index contributed by atoms with van der Waals surface area (Å²) in [4.78, 5) is 23.3. The smallest absolute Gasteiger partial charge is 0.405 e. The van der Waals surface area contributed by atoms with E-state index in [-0.39, 0.29) is 5.75 Å². The number of halogens is 3. The van der Waals surface area contributed by atoms with Gasteiger partial charge in [-0.15, -0.1) is 13.2 Å². The van der Waals surface area contributed by atoms with Crippen LogP contribution in [0.4, 0.5) is 24.8 Å². The molecule has 0 saturated carbocycles. The van der Waals surface area contributed by atoms with Crippen molar-refractivity contribution in [3.05, 3.63) is 128 Å². The molecule has 0 atom stereocenters. The summed E-state index contributed by atoms with van der Waals surface area (Å²) < 4.78 is 42.3. The number of nitrogens with zero attached hydrogens (tertiary/aromatic N) is 6. The molecule has 2 fully saturated rings. The number of alkyl halides is 3. The third kappa shape index (κ3) is 8.70. The van der Waals surface area contributed by atoms with E-state index in [1.54, 1.807) is 36.5 Å². The van der Waals surface area contributed by atoms with Crippen molar-refractivity contribution < 1.29 is 17.9 Å². The van der Waals surface area contributed by atoms with Gasteiger partial charge < -0.3 is 14.5 Å². The lowest BCUT2D eigenvalue weighted by atomic mass is 9.99. The molecule has 2 saturated heterocycles. The van der Waals surface area contributed by atoms with Crippen LogP contribution in [-0.4, -0.2) is 52.5 Å². The molecule has 55 heavy (non-hydrogen) atoms. The third-order valence-corrected chi connectivity index (χ3v) is 10.1. The average Bonchev–Trinajstić information content (AvgIpc) is 3.24. The van der Waals surface area contributed by atoms with Crippen LogP contribution in [-0.2, 0) is 0 Å². The Bertz CT molecular complexity index is 2390. The molecular weight excluding hydrogens is 698 g/mol. The van der Waals surface area contributed by atoms with E-state index in [9.17, 15) is 13.2 Å². The van der Waals surface area contributed by atoms with Gasteiger partial charge in [-0.1, -0.05) is 78.9 Å². The number of anilines is 2. The van der Waals surface area contributed by atoms with Crippen LogP contribution in [0.5, 0.6) is 5.75 Å². The monoisotopic (exact) mass is 738 g/mol. The van der Waals surface area contributed by atoms with Crippen molar-refractivity contribution in [2.75, 3.05) is 36.0 Å². The van der Waals surface area contributed by atoms with Gasteiger partial charge in [0.2, 0.25) is 0 Å². The predicted octanol–water partition coefficient (Wildman–Crippen LogP) is 11.1. The molecule has 4 heterocycles. The second-order valence-corrected chi connectivity index (χ2v) is 13.9. The minimum absolute atomic E-state index is 0.232. The van der Waals surface area contributed by atoms with Gasteiger partial charge in [-0.2, -0.15) is 0 Å². The van der Waals surface area contributed by atoms with E-state index in [2.05, 4.69) is 102 Å². The number of para-hydroxylation sites is 1. The number of aromatic nitrogens is 4. The topological polar surface area (TPSA) is 67.3 Å². The van der Waals surface area contributed by atoms with Crippen LogP contribution in [0.25, 0.3) is 55.4 Å². The average molecular weight is 739 g/mol. The van der Waals surface area contributed by atoms with Crippen molar-refractivity contribution in [3.63, 3.8) is 0 Å². The molecule has 0 radical (unpaired) electrons. The van der Waals surface area contributed by atoms with Crippen LogP contribution in [0.15, 0.2) is 128 Å². The fraction of sp³-hybridized carbons (Fsp3) is 0.244. The van der Waals surface area contributed by atoms with Crippen molar-refractivity contribution in [2.24, 2.45) is 0 Å². The van der Waals surface area contributed by atoms with E-state index < -0.39 is 6.36 Å². The Morgan fingerprint density at radius 1 is 0.455 bits per heavy atom. The summed E-state index contributed by atoms with van der Waals surface area (Å²) in [5, 5.41) is 0. The molecule has 7 aromatic rings. The highest BCUT2D eigenvalue weighted by Crippen LogP contribution is 2.35. The highest BCUT2D eigenvalue weighted by molar-refractivity contribution is 5.85. The number of fused-ring (bicyclic) bond motifs is 2. The van der Waals surface area contributed by atoms with Crippen LogP contribution in [0.2, 0.25) is 0 Å². The van der Waals surface area contributed by atoms with Gasteiger partial charge >= 0.3 is 6.36 Å². The van der Waals surface area contributed by atoms with Crippen molar-refractivity contribution >= 4 is 33.7 Å². The standard InChI is InChI=1S/C25H23N3.C20H18F3N3O/c1-3-8-19(9-4-1)20-10-7-11-21(16-20)22-12-13-23-24(17-22)27-25(18-26-23)28-14-5-2-6-15-28;21-20(22,23)27-18-7-3-2-6-15(18)14-8-9-16-17(12-14)25-19(13-24-16)26-10-4-1-5-11-26/h1,3-4,7-13,16-18H,2,5-6,14-15H2;2-3,6-9,12-13H,1,4-5,10-11H2. The molecule has 7 nitrogen and oxygen atoms in total. The van der Waals surface area contributed by atoms with Gasteiger partial charge in [-0.25, -0.2) is 9.97 Å². The molecule has 0 spiro atoms. The van der Waals surface area contributed by atoms with Gasteiger partial charge in [0.1, 0.15) is 17.4 Å². The van der Waals surface area contributed by atoms with Gasteiger partial charge in [0.15, 0.2) is 0 Å². The Balaban J connectivity index is 0.000000155. The number of piperidine rings is 2. The number of benzene rings is 5. The minimum atomic E-state index is -4.74. The fourth-order valence-electron chi connectivity index (χ4n) is 7.33. The lowest BCUT2D eigenvalue weighted by molar-refractivity contribution is -0.274. The van der Waals surface area contributed by atoms with Crippen molar-refractivity contribution in [2.45, 2.75) is 44.9 Å². The van der Waals surface area contributed by atoms with E-state index in [1.165, 1.54) is 60.1 Å². The minimum Gasteiger partial charge on any atom is -0.405 e. The maximum Gasteiger partial charge on any atom is 0.573 e. The summed E-state index contributed by atoms with van der Waals surface area (Å²) in [6.07, 6.45) is 6.21. The maximum absolute atomic E-state index is 12.7. The Hall–Kier alpha value is -6.03. The molecular formula is C45H41F3N6O. The Morgan fingerprint density at radius 3 is 1.55 bits per heavy atom. The summed E-state index contributed by atoms with van der Waals surface area (Å²) in [7, 11) is 0. The molecule has 2 aliphatic heterocycles. The number of hydrogen-bond donors (Lipinski definition) is 0. The van der Waals surface area contributed by atoms with Crippen LogP contribution in [0.3, 0.4) is 0 Å². The SMILES string of the molecule is FC(F)(F)Oc1ccccc1-c1ccc2ncc(N3CCCCC3)nc2c1.c1ccc(-c2cccc(-c3ccc4ncc(N5CCCCC5)nc4c3)c2)cc1. The first-order valence-electron chi connectivity index (χ1n) is 18.9. The number of ether oxygens (including phenoxy) is 1. The first-order chi connectivity index (χ1) is 26.9. The molecule has 10 heteroatoms. The van der Waals surface area contributed by atoms with Crippen LogP contribution in [0.1, 0.15) is 38.5 Å². The second kappa shape index (κ2) is 16.1. The van der Waals surface area contributed by atoms with E-state index >= 15 is 0 Å². The Morgan fingerprint density at radius 2 is 0.945 bits per heavy atom. The molecule has 0 bridgehead atoms. The number of rotatable bonds is 6. The molecule has 0 N–H and O–H groups in total. The van der Waals surface area contributed by atoms with Crippen molar-refractivity contribution in [1.82, 2.24) is 19.9 Å². The second-order valence-electron chi connectivity index (χ2n) is 13.9. The quantitative estimate of drug-likeness (QED) is 0.168. The summed E-state index contributed by atoms with van der Waals surface area (Å²) >= 11 is 0. The van der Waals surface area contributed by atoms with E-state index in [0.717, 1.165) is 61.7 Å². The molecule has 0 amide bonds. The van der Waals surface area contributed by atoms with Gasteiger partial charge in [0, 0.05) is 31.7 Å². The number of hydrogen-bond acceptors (Lipinski definition) is 7. The first kappa shape index (κ1) is 36.0. The highest BCUT2D eigenvalue weighted by Gasteiger charge is 2.32. The van der Waals surface area contributed by atoms with Crippen LogP contribution >= 0.6 is 0 Å². The highest BCUT2D eigenvalue weighted by atomic mass is 19.4. The zero-order chi connectivity index (χ0) is 37.6. The molecule has 5 aromatic carbocycles. The summed E-state index contributed by atoms with van der Waals surface area (Å²) in [5.41, 5.74) is 9.07. The maximum atomic E-state index is 12.7. The lowest BCUT2D eigenvalue weighted by Crippen LogP contribution is -2.30. The van der Waals surface area contributed by atoms with Crippen molar-refractivity contribution in [1.29, 1.82) is 0 Å². The molecule has 2 aromatic heterocycles. The van der Waals surface area contributed by atoms with Crippen molar-refractivity contribution in [3.8, 4) is 39.1 Å². The van der Waals surface area contributed by atoms with Crippen LogP contribution < -0.4 is 14.5 Å². The van der Waals surface area contributed by atoms with Gasteiger partial charge in [-0.05, 0) is 103 Å². The zero-order valence-corrected chi connectivity index (χ0v) is 30.4. The van der Waals surface area contributed by atoms with E-state index in [0.29, 0.717) is 22.2 Å². The first-order valence-corrected chi connectivity index (χ1v) is 18.9. The summed E-state index contributed by atoms with van der Waals surface area (Å²) in [6.45, 7) is 4.06. The summed E-state index contributed by atoms with van der Waals surface area (Å²) in [5.74, 6) is 1.58. The Labute approximate surface area is 318 Å². The normalized spacial score (nSPS) is 14.7. The van der Waals surface area contributed by atoms with E-state index in [4.69, 9.17) is 4.98 Å². The van der Waals surface area contributed by atoms with Gasteiger partial charge in [0.05, 0.1) is 34.5 Å². The third-order valence-electron chi connectivity index (χ3n) is 10.1. The molecule has 9 rings (SSSR count). The van der Waals surface area contributed by atoms with Crippen LogP contribution in [0, 0.1) is 0 Å². The predicted molar refractivity (Wildman–Crippen MR) is 214 cm³/mol. The molecule has 0 aliphatic carbocycles. The lowest BCUT2D eigenvalue weighted by Gasteiger charge is -2.27. The molecule has 0 unspecified atom stereocenters. The largest absolute Gasteiger partial charge is 0.573 e.